The van der Waals surface area contributed by atoms with Crippen molar-refractivity contribution >= 4 is 46.4 Å². The topological polar surface area (TPSA) is 77.4 Å². The lowest BCUT2D eigenvalue weighted by molar-refractivity contribution is 0.106. The highest BCUT2D eigenvalue weighted by Gasteiger charge is 2.28. The predicted molar refractivity (Wildman–Crippen MR) is 179 cm³/mol. The van der Waals surface area contributed by atoms with Crippen LogP contribution in [0.1, 0.15) is 65.6 Å². The third kappa shape index (κ3) is 8.12. The zero-order chi connectivity index (χ0) is 32.1. The Bertz CT molecular complexity index is 1510. The number of hydrogen-bond donors (Lipinski definition) is 2. The summed E-state index contributed by atoms with van der Waals surface area (Å²) < 4.78 is 23.1. The van der Waals surface area contributed by atoms with Crippen molar-refractivity contribution in [2.45, 2.75) is 43.3 Å². The smallest absolute Gasteiger partial charge is 0.161 e. The number of aliphatic hydroxyl groups excluding tert-OH is 2. The second-order valence-corrected chi connectivity index (χ2v) is 12.7. The molecule has 0 radical (unpaired) electrons. The molecule has 4 aromatic rings. The molecule has 2 unspecified atom stereocenters. The maximum atomic E-state index is 10.6. The highest BCUT2D eigenvalue weighted by Crippen LogP contribution is 2.46. The maximum absolute atomic E-state index is 10.6. The van der Waals surface area contributed by atoms with Crippen LogP contribution in [0, 0.1) is 0 Å². The summed E-state index contributed by atoms with van der Waals surface area (Å²) in [7, 11) is 3.22. The zero-order valence-electron chi connectivity index (χ0n) is 24.8. The van der Waals surface area contributed by atoms with Crippen LogP contribution in [-0.4, -0.2) is 37.6 Å². The second kappa shape index (κ2) is 15.2. The summed E-state index contributed by atoms with van der Waals surface area (Å²) in [4.78, 5) is 0. The Morgan fingerprint density at radius 3 is 1.38 bits per heavy atom. The molecule has 4 aromatic carbocycles. The zero-order valence-corrected chi connectivity index (χ0v) is 27.8. The van der Waals surface area contributed by atoms with Gasteiger partial charge in [-0.3, -0.25) is 0 Å². The highest BCUT2D eigenvalue weighted by atomic mass is 35.5. The van der Waals surface area contributed by atoms with Gasteiger partial charge in [-0.2, -0.15) is 0 Å². The van der Waals surface area contributed by atoms with Gasteiger partial charge in [0.25, 0.3) is 0 Å². The molecule has 4 atom stereocenters. The average Bonchev–Trinajstić information content (AvgIpc) is 3.55. The van der Waals surface area contributed by atoms with Gasteiger partial charge in [0.1, 0.15) is 25.4 Å². The first-order chi connectivity index (χ1) is 21.7. The minimum atomic E-state index is -0.874. The van der Waals surface area contributed by atoms with Crippen LogP contribution in [0.15, 0.2) is 72.8 Å². The van der Waals surface area contributed by atoms with Gasteiger partial charge in [0, 0.05) is 0 Å². The van der Waals surface area contributed by atoms with E-state index in [4.69, 9.17) is 65.4 Å². The summed E-state index contributed by atoms with van der Waals surface area (Å²) in [5.74, 6) is 3.04. The Kier molecular flexibility index (Phi) is 11.3. The van der Waals surface area contributed by atoms with Gasteiger partial charge in [-0.1, -0.05) is 70.7 Å². The molecule has 6 nitrogen and oxygen atoms in total. The van der Waals surface area contributed by atoms with Gasteiger partial charge in [0.15, 0.2) is 23.0 Å². The lowest BCUT2D eigenvalue weighted by atomic mass is 9.92. The third-order valence-corrected chi connectivity index (χ3v) is 9.68. The fraction of sp³-hybridized carbons (Fsp3) is 0.314. The first-order valence-electron chi connectivity index (χ1n) is 14.5. The molecule has 1 aliphatic rings. The number of rotatable bonds is 12. The molecule has 0 heterocycles. The van der Waals surface area contributed by atoms with E-state index in [1.807, 2.05) is 24.3 Å². The largest absolute Gasteiger partial charge is 0.493 e. The molecular weight excluding hydrogens is 658 g/mol. The number of hydrogen-bond acceptors (Lipinski definition) is 6. The van der Waals surface area contributed by atoms with Gasteiger partial charge in [-0.25, -0.2) is 0 Å². The van der Waals surface area contributed by atoms with Gasteiger partial charge in [0.2, 0.25) is 0 Å². The third-order valence-electron chi connectivity index (χ3n) is 8.20. The molecule has 2 N–H and O–H groups in total. The summed E-state index contributed by atoms with van der Waals surface area (Å²) >= 11 is 24.2. The van der Waals surface area contributed by atoms with Crippen molar-refractivity contribution in [2.75, 3.05) is 27.4 Å². The molecule has 0 bridgehead atoms. The van der Waals surface area contributed by atoms with Crippen molar-refractivity contribution < 1.29 is 29.2 Å². The van der Waals surface area contributed by atoms with Crippen molar-refractivity contribution in [1.82, 2.24) is 0 Å². The van der Waals surface area contributed by atoms with Crippen LogP contribution in [0.25, 0.3) is 0 Å². The van der Waals surface area contributed by atoms with E-state index in [0.717, 1.165) is 19.3 Å². The summed E-state index contributed by atoms with van der Waals surface area (Å²) in [5, 5.41) is 22.8. The molecule has 0 amide bonds. The fourth-order valence-electron chi connectivity index (χ4n) is 5.67. The van der Waals surface area contributed by atoms with Crippen molar-refractivity contribution in [1.29, 1.82) is 0 Å². The Morgan fingerprint density at radius 2 is 1.00 bits per heavy atom. The van der Waals surface area contributed by atoms with Gasteiger partial charge in [-0.15, -0.1) is 0 Å². The van der Waals surface area contributed by atoms with Gasteiger partial charge < -0.3 is 29.2 Å². The standard InChI is InChI=1S/C35H34Cl4O6/c1-42-34-16-22(7-11-32(34)44-18-30(40)24-5-9-26(36)28(38)14-24)20-3-4-21(13-20)23-8-12-33(35(17-23)43-2)45-19-31(41)25-6-10-27(37)29(39)15-25/h5-12,14-17,20-21,30-31,40-41H,3-4,13,18-19H2,1-2H3/t20-,21+,30?,31?. The highest BCUT2D eigenvalue weighted by molar-refractivity contribution is 6.42. The maximum Gasteiger partial charge on any atom is 0.161 e. The van der Waals surface area contributed by atoms with Crippen LogP contribution >= 0.6 is 46.4 Å². The van der Waals surface area contributed by atoms with E-state index in [-0.39, 0.29) is 13.2 Å². The first kappa shape index (κ1) is 33.5. The molecule has 0 aliphatic heterocycles. The number of benzene rings is 4. The Hall–Kier alpha value is -2.84. The second-order valence-electron chi connectivity index (χ2n) is 11.0. The first-order valence-corrected chi connectivity index (χ1v) is 16.1. The lowest BCUT2D eigenvalue weighted by Gasteiger charge is -2.18. The summed E-state index contributed by atoms with van der Waals surface area (Å²) in [6.45, 7) is 0.0737. The van der Waals surface area contributed by atoms with E-state index in [1.54, 1.807) is 50.6 Å². The monoisotopic (exact) mass is 690 g/mol. The Labute approximate surface area is 283 Å². The van der Waals surface area contributed by atoms with Crippen molar-refractivity contribution in [3.63, 3.8) is 0 Å². The van der Waals surface area contributed by atoms with E-state index in [0.29, 0.717) is 66.1 Å². The molecule has 238 valence electrons. The van der Waals surface area contributed by atoms with Crippen LogP contribution in [0.4, 0.5) is 0 Å². The molecule has 5 rings (SSSR count). The van der Waals surface area contributed by atoms with Crippen LogP contribution in [0.5, 0.6) is 23.0 Å². The molecular formula is C35H34Cl4O6. The number of halogens is 4. The quantitative estimate of drug-likeness (QED) is 0.154. The molecule has 1 aliphatic carbocycles. The molecule has 1 fully saturated rings. The number of aliphatic hydroxyl groups is 2. The predicted octanol–water partition coefficient (Wildman–Crippen LogP) is 9.59. The minimum absolute atomic E-state index is 0.0369. The van der Waals surface area contributed by atoms with E-state index in [9.17, 15) is 10.2 Å². The summed E-state index contributed by atoms with van der Waals surface area (Å²) in [6, 6.07) is 22.0. The van der Waals surface area contributed by atoms with Gasteiger partial charge >= 0.3 is 0 Å². The van der Waals surface area contributed by atoms with Gasteiger partial charge in [-0.05, 0) is 102 Å². The van der Waals surface area contributed by atoms with Crippen LogP contribution < -0.4 is 18.9 Å². The summed E-state index contributed by atoms with van der Waals surface area (Å²) in [6.07, 6.45) is 1.28. The summed E-state index contributed by atoms with van der Waals surface area (Å²) in [5.41, 5.74) is 3.59. The van der Waals surface area contributed by atoms with Crippen LogP contribution in [-0.2, 0) is 0 Å². The normalized spacial score (nSPS) is 17.5. The molecule has 1 saturated carbocycles. The molecule has 0 spiro atoms. The van der Waals surface area contributed by atoms with E-state index >= 15 is 0 Å². The fourth-order valence-corrected chi connectivity index (χ4v) is 6.28. The Balaban J connectivity index is 1.20. The number of methoxy groups -OCH3 is 2. The van der Waals surface area contributed by atoms with Crippen LogP contribution in [0.3, 0.4) is 0 Å². The molecule has 10 heteroatoms. The lowest BCUT2D eigenvalue weighted by Crippen LogP contribution is -2.10. The van der Waals surface area contributed by atoms with Gasteiger partial charge in [0.05, 0.1) is 34.3 Å². The molecule has 0 aromatic heterocycles. The molecule has 0 saturated heterocycles. The molecule has 45 heavy (non-hydrogen) atoms. The SMILES string of the molecule is COc1cc([C@@H]2CC[C@H](c3ccc(OCC(O)c4ccc(Cl)c(Cl)c4)c(OC)c3)C2)ccc1OCC(O)c1ccc(Cl)c(Cl)c1. The van der Waals surface area contributed by atoms with Crippen LogP contribution in [0.2, 0.25) is 20.1 Å². The number of ether oxygens (including phenoxy) is 4. The van der Waals surface area contributed by atoms with E-state index in [2.05, 4.69) is 12.1 Å². The minimum Gasteiger partial charge on any atom is -0.493 e. The average molecular weight is 692 g/mol. The van der Waals surface area contributed by atoms with Crippen molar-refractivity contribution in [2.24, 2.45) is 0 Å². The van der Waals surface area contributed by atoms with E-state index in [1.165, 1.54) is 11.1 Å². The van der Waals surface area contributed by atoms with Crippen molar-refractivity contribution in [3.8, 4) is 23.0 Å². The Morgan fingerprint density at radius 1 is 0.578 bits per heavy atom. The van der Waals surface area contributed by atoms with Crippen molar-refractivity contribution in [3.05, 3.63) is 115 Å². The van der Waals surface area contributed by atoms with E-state index < -0.39 is 12.2 Å².